The molecule has 0 N–H and O–H groups in total. The van der Waals surface area contributed by atoms with Crippen molar-refractivity contribution in [3.8, 4) is 5.75 Å². The van der Waals surface area contributed by atoms with E-state index >= 15 is 0 Å². The van der Waals surface area contributed by atoms with Gasteiger partial charge in [-0.3, -0.25) is 0 Å². The molecule has 0 aromatic heterocycles. The second-order valence-corrected chi connectivity index (χ2v) is 6.05. The Morgan fingerprint density at radius 1 is 0.900 bits per heavy atom. The quantitative estimate of drug-likeness (QED) is 0.591. The van der Waals surface area contributed by atoms with E-state index in [1.807, 2.05) is 25.1 Å². The molecule has 20 heavy (non-hydrogen) atoms. The smallest absolute Gasteiger partial charge is 0.138 e. The summed E-state index contributed by atoms with van der Waals surface area (Å²) in [7, 11) is 1.53. The summed E-state index contributed by atoms with van der Waals surface area (Å²) >= 11 is 25.1. The van der Waals surface area contributed by atoms with Crippen LogP contribution in [0.25, 0.3) is 0 Å². The van der Waals surface area contributed by atoms with Gasteiger partial charge in [-0.2, -0.15) is 0 Å². The van der Waals surface area contributed by atoms with E-state index < -0.39 is 5.38 Å². The summed E-state index contributed by atoms with van der Waals surface area (Å²) < 4.78 is 5.12. The first-order valence-electron chi connectivity index (χ1n) is 5.87. The van der Waals surface area contributed by atoms with Crippen molar-refractivity contribution in [3.63, 3.8) is 0 Å². The Morgan fingerprint density at radius 2 is 1.55 bits per heavy atom. The predicted molar refractivity (Wildman–Crippen MR) is 86.9 cm³/mol. The van der Waals surface area contributed by atoms with Gasteiger partial charge in [-0.05, 0) is 35.7 Å². The summed E-state index contributed by atoms with van der Waals surface area (Å²) in [6.45, 7) is 1.97. The molecular formula is C15H12Cl4O. The molecule has 0 radical (unpaired) electrons. The lowest BCUT2D eigenvalue weighted by atomic mass is 10.0. The number of alkyl halides is 1. The molecular weight excluding hydrogens is 338 g/mol. The van der Waals surface area contributed by atoms with Crippen LogP contribution >= 0.6 is 46.4 Å². The minimum atomic E-state index is -0.473. The average molecular weight is 350 g/mol. The van der Waals surface area contributed by atoms with Crippen molar-refractivity contribution >= 4 is 46.4 Å². The zero-order valence-electron chi connectivity index (χ0n) is 10.9. The first-order chi connectivity index (χ1) is 9.43. The van der Waals surface area contributed by atoms with E-state index in [2.05, 4.69) is 0 Å². The average Bonchev–Trinajstić information content (AvgIpc) is 2.40. The molecule has 5 heteroatoms. The van der Waals surface area contributed by atoms with Crippen LogP contribution in [0.2, 0.25) is 15.1 Å². The van der Waals surface area contributed by atoms with E-state index in [0.717, 1.165) is 11.1 Å². The van der Waals surface area contributed by atoms with Crippen molar-refractivity contribution in [2.75, 3.05) is 7.11 Å². The van der Waals surface area contributed by atoms with Crippen molar-refractivity contribution in [2.45, 2.75) is 12.3 Å². The maximum absolute atomic E-state index is 6.49. The summed E-state index contributed by atoms with van der Waals surface area (Å²) in [6.07, 6.45) is 0. The van der Waals surface area contributed by atoms with Crippen LogP contribution in [0.5, 0.6) is 5.75 Å². The minimum Gasteiger partial charge on any atom is -0.495 e. The lowest BCUT2D eigenvalue weighted by molar-refractivity contribution is 0.415. The maximum atomic E-state index is 6.49. The van der Waals surface area contributed by atoms with E-state index in [4.69, 9.17) is 51.1 Å². The Kier molecular flexibility index (Phi) is 5.09. The van der Waals surface area contributed by atoms with Crippen molar-refractivity contribution in [2.24, 2.45) is 0 Å². The van der Waals surface area contributed by atoms with Crippen LogP contribution in [0.3, 0.4) is 0 Å². The minimum absolute atomic E-state index is 0.459. The first kappa shape index (κ1) is 15.8. The van der Waals surface area contributed by atoms with Gasteiger partial charge in [0.1, 0.15) is 5.75 Å². The molecule has 0 saturated heterocycles. The zero-order valence-corrected chi connectivity index (χ0v) is 13.9. The van der Waals surface area contributed by atoms with Crippen molar-refractivity contribution in [3.05, 3.63) is 62.1 Å². The van der Waals surface area contributed by atoms with Gasteiger partial charge in [-0.15, -0.1) is 11.6 Å². The highest BCUT2D eigenvalue weighted by Crippen LogP contribution is 2.41. The van der Waals surface area contributed by atoms with E-state index in [9.17, 15) is 0 Å². The number of aryl methyl sites for hydroxylation is 1. The number of methoxy groups -OCH3 is 1. The number of benzene rings is 2. The molecule has 0 bridgehead atoms. The summed E-state index contributed by atoms with van der Waals surface area (Å²) in [5.74, 6) is 0.513. The fraction of sp³-hybridized carbons (Fsp3) is 0.200. The third-order valence-electron chi connectivity index (χ3n) is 2.97. The third-order valence-corrected chi connectivity index (χ3v) is 4.39. The highest BCUT2D eigenvalue weighted by Gasteiger charge is 2.19. The molecule has 0 heterocycles. The van der Waals surface area contributed by atoms with Crippen LogP contribution in [-0.2, 0) is 0 Å². The number of ether oxygens (including phenoxy) is 1. The summed E-state index contributed by atoms with van der Waals surface area (Å²) in [4.78, 5) is 0. The molecule has 2 rings (SSSR count). The van der Waals surface area contributed by atoms with E-state index in [1.54, 1.807) is 12.1 Å². The Morgan fingerprint density at radius 3 is 2.15 bits per heavy atom. The van der Waals surface area contributed by atoms with Crippen LogP contribution in [0, 0.1) is 6.92 Å². The zero-order chi connectivity index (χ0) is 14.9. The number of halogens is 4. The molecule has 1 nitrogen and oxygen atoms in total. The highest BCUT2D eigenvalue weighted by atomic mass is 35.5. The van der Waals surface area contributed by atoms with E-state index in [-0.39, 0.29) is 0 Å². The van der Waals surface area contributed by atoms with E-state index in [0.29, 0.717) is 26.4 Å². The van der Waals surface area contributed by atoms with Crippen molar-refractivity contribution in [1.29, 1.82) is 0 Å². The SMILES string of the molecule is COc1cc(Cl)c(C(Cl)c2ccc(C)cc2Cl)cc1Cl. The van der Waals surface area contributed by atoms with Crippen molar-refractivity contribution in [1.82, 2.24) is 0 Å². The number of hydrogen-bond acceptors (Lipinski definition) is 1. The Labute approximate surface area is 138 Å². The number of rotatable bonds is 3. The molecule has 0 spiro atoms. The second kappa shape index (κ2) is 6.44. The molecule has 0 aliphatic rings. The standard InChI is InChI=1S/C15H12Cl4O/c1-8-3-4-9(11(16)5-8)15(19)10-6-13(18)14(20-2)7-12(10)17/h3-7,15H,1-2H3. The van der Waals surface area contributed by atoms with Crippen LogP contribution in [0.15, 0.2) is 30.3 Å². The molecule has 0 saturated carbocycles. The fourth-order valence-electron chi connectivity index (χ4n) is 1.90. The van der Waals surface area contributed by atoms with Gasteiger partial charge in [0.25, 0.3) is 0 Å². The summed E-state index contributed by atoms with van der Waals surface area (Å²) in [5, 5.41) is 1.08. The van der Waals surface area contributed by atoms with Crippen LogP contribution in [0.1, 0.15) is 22.1 Å². The normalized spacial score (nSPS) is 12.3. The molecule has 0 fully saturated rings. The third kappa shape index (κ3) is 3.17. The van der Waals surface area contributed by atoms with Crippen molar-refractivity contribution < 1.29 is 4.74 Å². The Bertz CT molecular complexity index is 640. The van der Waals surface area contributed by atoms with Crippen LogP contribution in [-0.4, -0.2) is 7.11 Å². The lowest BCUT2D eigenvalue weighted by Gasteiger charge is -2.16. The maximum Gasteiger partial charge on any atom is 0.138 e. The van der Waals surface area contributed by atoms with Crippen LogP contribution in [0.4, 0.5) is 0 Å². The van der Waals surface area contributed by atoms with Crippen LogP contribution < -0.4 is 4.74 Å². The molecule has 0 aliphatic heterocycles. The Hall–Kier alpha value is -0.600. The highest BCUT2D eigenvalue weighted by molar-refractivity contribution is 6.36. The lowest BCUT2D eigenvalue weighted by Crippen LogP contribution is -1.97. The van der Waals surface area contributed by atoms with E-state index in [1.165, 1.54) is 7.11 Å². The monoisotopic (exact) mass is 348 g/mol. The van der Waals surface area contributed by atoms with Gasteiger partial charge >= 0.3 is 0 Å². The first-order valence-corrected chi connectivity index (χ1v) is 7.44. The molecule has 2 aromatic rings. The van der Waals surface area contributed by atoms with Gasteiger partial charge in [0, 0.05) is 16.1 Å². The molecule has 1 unspecified atom stereocenters. The Balaban J connectivity index is 2.48. The topological polar surface area (TPSA) is 9.23 Å². The van der Waals surface area contributed by atoms with Gasteiger partial charge in [0.2, 0.25) is 0 Å². The largest absolute Gasteiger partial charge is 0.495 e. The summed E-state index contributed by atoms with van der Waals surface area (Å²) in [6, 6.07) is 9.07. The molecule has 1 atom stereocenters. The predicted octanol–water partition coefficient (Wildman–Crippen LogP) is 6.29. The molecule has 0 amide bonds. The summed E-state index contributed by atoms with van der Waals surface area (Å²) in [5.41, 5.74) is 2.56. The van der Waals surface area contributed by atoms with Gasteiger partial charge in [-0.25, -0.2) is 0 Å². The fourth-order valence-corrected chi connectivity index (χ4v) is 3.24. The van der Waals surface area contributed by atoms with Gasteiger partial charge < -0.3 is 4.74 Å². The molecule has 0 aliphatic carbocycles. The molecule has 2 aromatic carbocycles. The van der Waals surface area contributed by atoms with Gasteiger partial charge in [0.05, 0.1) is 17.5 Å². The molecule has 106 valence electrons. The second-order valence-electron chi connectivity index (χ2n) is 4.40. The van der Waals surface area contributed by atoms with Gasteiger partial charge in [0.15, 0.2) is 0 Å². The number of hydrogen-bond donors (Lipinski definition) is 0. The van der Waals surface area contributed by atoms with Gasteiger partial charge in [-0.1, -0.05) is 46.9 Å².